The van der Waals surface area contributed by atoms with Crippen LogP contribution >= 0.6 is 0 Å². The lowest BCUT2D eigenvalue weighted by Crippen LogP contribution is -2.43. The van der Waals surface area contributed by atoms with Crippen LogP contribution in [0, 0.1) is 5.92 Å². The summed E-state index contributed by atoms with van der Waals surface area (Å²) in [6.07, 6.45) is 10.3. The molecule has 1 rings (SSSR count). The number of aliphatic hydroxyl groups excluding tert-OH is 1. The van der Waals surface area contributed by atoms with E-state index >= 15 is 0 Å². The lowest BCUT2D eigenvalue weighted by atomic mass is 9.81. The van der Waals surface area contributed by atoms with E-state index in [1.807, 2.05) is 0 Å². The van der Waals surface area contributed by atoms with Crippen molar-refractivity contribution in [1.82, 2.24) is 5.32 Å². The second kappa shape index (κ2) is 8.08. The molecule has 0 bridgehead atoms. The minimum absolute atomic E-state index is 0.328. The first-order valence-electron chi connectivity index (χ1n) is 7.14. The van der Waals surface area contributed by atoms with Crippen molar-refractivity contribution in [1.29, 1.82) is 0 Å². The monoisotopic (exact) mass is 227 g/mol. The van der Waals surface area contributed by atoms with Crippen LogP contribution in [0.5, 0.6) is 0 Å². The Labute approximate surface area is 101 Å². The molecule has 0 spiro atoms. The molecule has 0 aromatic carbocycles. The maximum atomic E-state index is 8.83. The smallest absolute Gasteiger partial charge is 0.0431 e. The van der Waals surface area contributed by atoms with Gasteiger partial charge in [0.25, 0.3) is 0 Å². The second-order valence-electron chi connectivity index (χ2n) is 5.37. The fraction of sp³-hybridized carbons (Fsp3) is 1.00. The van der Waals surface area contributed by atoms with E-state index in [2.05, 4.69) is 19.2 Å². The molecule has 0 aromatic rings. The molecule has 0 aromatic heterocycles. The Morgan fingerprint density at radius 2 is 2.06 bits per heavy atom. The van der Waals surface area contributed by atoms with Crippen LogP contribution in [0.1, 0.15) is 65.2 Å². The van der Waals surface area contributed by atoms with Crippen LogP contribution < -0.4 is 5.32 Å². The normalized spacial score (nSPS) is 27.9. The molecule has 1 saturated carbocycles. The van der Waals surface area contributed by atoms with Gasteiger partial charge in [0.05, 0.1) is 0 Å². The van der Waals surface area contributed by atoms with E-state index in [1.54, 1.807) is 0 Å². The van der Waals surface area contributed by atoms with Gasteiger partial charge in [-0.05, 0) is 44.9 Å². The van der Waals surface area contributed by atoms with E-state index in [0.717, 1.165) is 24.8 Å². The molecule has 16 heavy (non-hydrogen) atoms. The van der Waals surface area contributed by atoms with Crippen LogP contribution in [0.15, 0.2) is 0 Å². The maximum absolute atomic E-state index is 8.83. The van der Waals surface area contributed by atoms with Gasteiger partial charge in [0, 0.05) is 18.7 Å². The molecule has 0 saturated heterocycles. The van der Waals surface area contributed by atoms with Gasteiger partial charge in [-0.2, -0.15) is 0 Å². The Balaban J connectivity index is 2.30. The van der Waals surface area contributed by atoms with Gasteiger partial charge < -0.3 is 10.4 Å². The van der Waals surface area contributed by atoms with E-state index in [0.29, 0.717) is 12.6 Å². The summed E-state index contributed by atoms with van der Waals surface area (Å²) in [5.74, 6) is 0.898. The molecule has 96 valence electrons. The highest BCUT2D eigenvalue weighted by Gasteiger charge is 2.24. The molecular formula is C14H29NO. The van der Waals surface area contributed by atoms with Crippen molar-refractivity contribution < 1.29 is 5.11 Å². The van der Waals surface area contributed by atoms with Gasteiger partial charge in [-0.15, -0.1) is 0 Å². The SMILES string of the molecule is CCCC1CCCCC1NC(C)CCCO. The van der Waals surface area contributed by atoms with Gasteiger partial charge in [0.1, 0.15) is 0 Å². The van der Waals surface area contributed by atoms with Crippen molar-refractivity contribution in [2.24, 2.45) is 5.92 Å². The average molecular weight is 227 g/mol. The summed E-state index contributed by atoms with van der Waals surface area (Å²) in [5.41, 5.74) is 0. The summed E-state index contributed by atoms with van der Waals surface area (Å²) in [7, 11) is 0. The van der Waals surface area contributed by atoms with E-state index in [9.17, 15) is 0 Å². The summed E-state index contributed by atoms with van der Waals surface area (Å²) in [4.78, 5) is 0. The number of rotatable bonds is 7. The first-order chi connectivity index (χ1) is 7.77. The molecule has 2 nitrogen and oxygen atoms in total. The van der Waals surface area contributed by atoms with Crippen molar-refractivity contribution in [3.05, 3.63) is 0 Å². The third-order valence-corrected chi connectivity index (χ3v) is 3.86. The fourth-order valence-electron chi connectivity index (χ4n) is 2.99. The van der Waals surface area contributed by atoms with E-state index in [4.69, 9.17) is 5.11 Å². The van der Waals surface area contributed by atoms with Crippen molar-refractivity contribution >= 4 is 0 Å². The van der Waals surface area contributed by atoms with Crippen molar-refractivity contribution in [2.45, 2.75) is 77.3 Å². The fourth-order valence-corrected chi connectivity index (χ4v) is 2.99. The van der Waals surface area contributed by atoms with Crippen LogP contribution in [0.25, 0.3) is 0 Å². The summed E-state index contributed by atoms with van der Waals surface area (Å²) in [6, 6.07) is 1.30. The largest absolute Gasteiger partial charge is 0.396 e. The quantitative estimate of drug-likeness (QED) is 0.700. The third-order valence-electron chi connectivity index (χ3n) is 3.86. The van der Waals surface area contributed by atoms with E-state index in [1.165, 1.54) is 38.5 Å². The van der Waals surface area contributed by atoms with Crippen LogP contribution in [-0.2, 0) is 0 Å². The predicted octanol–water partition coefficient (Wildman–Crippen LogP) is 3.10. The number of aliphatic hydroxyl groups is 1. The van der Waals surface area contributed by atoms with Crippen LogP contribution in [0.3, 0.4) is 0 Å². The number of nitrogens with one attached hydrogen (secondary N) is 1. The van der Waals surface area contributed by atoms with Gasteiger partial charge in [-0.3, -0.25) is 0 Å². The molecule has 1 fully saturated rings. The molecule has 1 aliphatic carbocycles. The summed E-state index contributed by atoms with van der Waals surface area (Å²) in [5, 5.41) is 12.6. The predicted molar refractivity (Wildman–Crippen MR) is 69.6 cm³/mol. The molecule has 2 N–H and O–H groups in total. The molecule has 0 radical (unpaired) electrons. The minimum atomic E-state index is 0.328. The van der Waals surface area contributed by atoms with Gasteiger partial charge in [0.2, 0.25) is 0 Å². The molecule has 2 heteroatoms. The van der Waals surface area contributed by atoms with E-state index < -0.39 is 0 Å². The first-order valence-corrected chi connectivity index (χ1v) is 7.14. The molecule has 1 aliphatic rings. The van der Waals surface area contributed by atoms with Gasteiger partial charge >= 0.3 is 0 Å². The standard InChI is InChI=1S/C14H29NO/c1-3-7-13-9-4-5-10-14(13)15-12(2)8-6-11-16/h12-16H,3-11H2,1-2H3. The molecular weight excluding hydrogens is 198 g/mol. The van der Waals surface area contributed by atoms with Gasteiger partial charge in [-0.1, -0.05) is 26.2 Å². The highest BCUT2D eigenvalue weighted by molar-refractivity contribution is 4.82. The zero-order valence-electron chi connectivity index (χ0n) is 11.0. The zero-order valence-corrected chi connectivity index (χ0v) is 11.0. The molecule has 0 aliphatic heterocycles. The number of hydrogen-bond donors (Lipinski definition) is 2. The second-order valence-corrected chi connectivity index (χ2v) is 5.37. The van der Waals surface area contributed by atoms with Crippen molar-refractivity contribution in [2.75, 3.05) is 6.61 Å². The molecule has 3 atom stereocenters. The Morgan fingerprint density at radius 1 is 1.31 bits per heavy atom. The van der Waals surface area contributed by atoms with Gasteiger partial charge in [-0.25, -0.2) is 0 Å². The number of hydrogen-bond acceptors (Lipinski definition) is 2. The Kier molecular flexibility index (Phi) is 7.06. The molecule has 0 heterocycles. The summed E-state index contributed by atoms with van der Waals surface area (Å²) < 4.78 is 0. The lowest BCUT2D eigenvalue weighted by Gasteiger charge is -2.34. The molecule has 3 unspecified atom stereocenters. The highest BCUT2D eigenvalue weighted by Crippen LogP contribution is 2.28. The van der Waals surface area contributed by atoms with Crippen LogP contribution in [0.4, 0.5) is 0 Å². The van der Waals surface area contributed by atoms with Crippen LogP contribution in [-0.4, -0.2) is 23.8 Å². The topological polar surface area (TPSA) is 32.3 Å². The van der Waals surface area contributed by atoms with Crippen LogP contribution in [0.2, 0.25) is 0 Å². The average Bonchev–Trinajstić information content (AvgIpc) is 2.29. The lowest BCUT2D eigenvalue weighted by molar-refractivity contribution is 0.221. The molecule has 0 amide bonds. The maximum Gasteiger partial charge on any atom is 0.0431 e. The Morgan fingerprint density at radius 3 is 2.75 bits per heavy atom. The minimum Gasteiger partial charge on any atom is -0.396 e. The van der Waals surface area contributed by atoms with Crippen molar-refractivity contribution in [3.63, 3.8) is 0 Å². The Bertz CT molecular complexity index is 170. The highest BCUT2D eigenvalue weighted by atomic mass is 16.2. The first kappa shape index (κ1) is 14.0. The summed E-state index contributed by atoms with van der Waals surface area (Å²) in [6.45, 7) is 4.88. The van der Waals surface area contributed by atoms with E-state index in [-0.39, 0.29) is 0 Å². The van der Waals surface area contributed by atoms with Gasteiger partial charge in [0.15, 0.2) is 0 Å². The third kappa shape index (κ3) is 4.84. The summed E-state index contributed by atoms with van der Waals surface area (Å²) >= 11 is 0. The zero-order chi connectivity index (χ0) is 11.8. The Hall–Kier alpha value is -0.0800. The van der Waals surface area contributed by atoms with Crippen molar-refractivity contribution in [3.8, 4) is 0 Å².